The SMILES string of the molecule is CC(N)C1CCN(C(=O)c2ccc(CSc3ccccc3)cc2)CC1.Cl. The highest BCUT2D eigenvalue weighted by Crippen LogP contribution is 2.24. The summed E-state index contributed by atoms with van der Waals surface area (Å²) in [5, 5.41) is 0. The molecule has 0 radical (unpaired) electrons. The van der Waals surface area contributed by atoms with Gasteiger partial charge in [-0.2, -0.15) is 0 Å². The lowest BCUT2D eigenvalue weighted by atomic mass is 9.90. The summed E-state index contributed by atoms with van der Waals surface area (Å²) in [4.78, 5) is 15.9. The third-order valence-corrected chi connectivity index (χ3v) is 6.00. The fourth-order valence-electron chi connectivity index (χ4n) is 3.24. The molecule has 1 aliphatic rings. The van der Waals surface area contributed by atoms with E-state index in [1.165, 1.54) is 10.5 Å². The van der Waals surface area contributed by atoms with Gasteiger partial charge in [0.25, 0.3) is 5.91 Å². The summed E-state index contributed by atoms with van der Waals surface area (Å²) in [7, 11) is 0. The van der Waals surface area contributed by atoms with Crippen molar-refractivity contribution in [3.05, 3.63) is 65.7 Å². The van der Waals surface area contributed by atoms with Crippen LogP contribution in [0.2, 0.25) is 0 Å². The Morgan fingerprint density at radius 2 is 1.73 bits per heavy atom. The van der Waals surface area contributed by atoms with Crippen molar-refractivity contribution in [1.82, 2.24) is 4.90 Å². The van der Waals surface area contributed by atoms with Crippen LogP contribution in [-0.4, -0.2) is 29.9 Å². The van der Waals surface area contributed by atoms with Crippen molar-refractivity contribution in [2.75, 3.05) is 13.1 Å². The van der Waals surface area contributed by atoms with Crippen LogP contribution >= 0.6 is 24.2 Å². The molecule has 5 heteroatoms. The standard InChI is InChI=1S/C21H26N2OS.ClH/c1-16(22)18-11-13-23(14-12-18)21(24)19-9-7-17(8-10-19)15-25-20-5-3-2-4-6-20;/h2-10,16,18H,11-15,22H2,1H3;1H. The number of nitrogens with two attached hydrogens (primary N) is 1. The van der Waals surface area contributed by atoms with Gasteiger partial charge in [0.1, 0.15) is 0 Å². The Morgan fingerprint density at radius 1 is 1.12 bits per heavy atom. The first-order chi connectivity index (χ1) is 12.1. The maximum absolute atomic E-state index is 12.7. The summed E-state index contributed by atoms with van der Waals surface area (Å²) in [5.74, 6) is 1.60. The van der Waals surface area contributed by atoms with Gasteiger partial charge in [0, 0.05) is 35.3 Å². The van der Waals surface area contributed by atoms with Crippen LogP contribution in [0.3, 0.4) is 0 Å². The molecule has 140 valence electrons. The molecule has 0 spiro atoms. The number of halogens is 1. The van der Waals surface area contributed by atoms with Gasteiger partial charge in [-0.05, 0) is 55.5 Å². The summed E-state index contributed by atoms with van der Waals surface area (Å²) in [5.41, 5.74) is 8.00. The normalized spacial score (nSPS) is 16.0. The summed E-state index contributed by atoms with van der Waals surface area (Å²) in [6.45, 7) is 3.70. The van der Waals surface area contributed by atoms with Gasteiger partial charge in [0.15, 0.2) is 0 Å². The Kier molecular flexibility index (Phi) is 8.01. The van der Waals surface area contributed by atoms with E-state index in [1.54, 1.807) is 0 Å². The number of likely N-dealkylation sites (tertiary alicyclic amines) is 1. The van der Waals surface area contributed by atoms with E-state index >= 15 is 0 Å². The van der Waals surface area contributed by atoms with Crippen molar-refractivity contribution < 1.29 is 4.79 Å². The van der Waals surface area contributed by atoms with Crippen molar-refractivity contribution >= 4 is 30.1 Å². The zero-order chi connectivity index (χ0) is 17.6. The molecule has 1 amide bonds. The van der Waals surface area contributed by atoms with Crippen LogP contribution in [0.5, 0.6) is 0 Å². The highest BCUT2D eigenvalue weighted by Gasteiger charge is 2.25. The Balaban J connectivity index is 0.00000243. The second-order valence-corrected chi connectivity index (χ2v) is 7.84. The second kappa shape index (κ2) is 10.0. The van der Waals surface area contributed by atoms with E-state index in [2.05, 4.69) is 43.3 Å². The van der Waals surface area contributed by atoms with Crippen molar-refractivity contribution in [3.63, 3.8) is 0 Å². The number of nitrogens with zero attached hydrogens (tertiary/aromatic N) is 1. The van der Waals surface area contributed by atoms with Crippen LogP contribution < -0.4 is 5.73 Å². The highest BCUT2D eigenvalue weighted by atomic mass is 35.5. The van der Waals surface area contributed by atoms with Crippen molar-refractivity contribution in [2.45, 2.75) is 36.5 Å². The first kappa shape index (κ1) is 20.8. The number of hydrogen-bond acceptors (Lipinski definition) is 3. The molecule has 2 aromatic carbocycles. The quantitative estimate of drug-likeness (QED) is 0.759. The molecule has 1 atom stereocenters. The number of piperidine rings is 1. The highest BCUT2D eigenvalue weighted by molar-refractivity contribution is 7.98. The third kappa shape index (κ3) is 5.50. The maximum Gasteiger partial charge on any atom is 0.253 e. The van der Waals surface area contributed by atoms with Crippen LogP contribution in [0.25, 0.3) is 0 Å². The van der Waals surface area contributed by atoms with Crippen molar-refractivity contribution in [1.29, 1.82) is 0 Å². The predicted molar refractivity (Wildman–Crippen MR) is 112 cm³/mol. The van der Waals surface area contributed by atoms with E-state index in [9.17, 15) is 4.79 Å². The Morgan fingerprint density at radius 3 is 2.31 bits per heavy atom. The molecule has 3 rings (SSSR count). The molecule has 1 fully saturated rings. The molecule has 0 bridgehead atoms. The number of carbonyl (C=O) groups is 1. The minimum atomic E-state index is 0. The molecular weight excluding hydrogens is 364 g/mol. The molecule has 1 aliphatic heterocycles. The van der Waals surface area contributed by atoms with Crippen LogP contribution in [0.4, 0.5) is 0 Å². The molecule has 2 N–H and O–H groups in total. The molecule has 0 aliphatic carbocycles. The van der Waals surface area contributed by atoms with Crippen molar-refractivity contribution in [2.24, 2.45) is 11.7 Å². The number of hydrogen-bond donors (Lipinski definition) is 1. The Labute approximate surface area is 166 Å². The summed E-state index contributed by atoms with van der Waals surface area (Å²) in [6, 6.07) is 18.7. The molecule has 1 unspecified atom stereocenters. The smallest absolute Gasteiger partial charge is 0.253 e. The molecule has 1 saturated heterocycles. The number of rotatable bonds is 5. The number of carbonyl (C=O) groups excluding carboxylic acids is 1. The lowest BCUT2D eigenvalue weighted by Crippen LogP contribution is -2.42. The van der Waals surface area contributed by atoms with Gasteiger partial charge in [-0.3, -0.25) is 4.79 Å². The van der Waals surface area contributed by atoms with Gasteiger partial charge in [-0.1, -0.05) is 30.3 Å². The molecule has 26 heavy (non-hydrogen) atoms. The summed E-state index contributed by atoms with van der Waals surface area (Å²) < 4.78 is 0. The predicted octanol–water partition coefficient (Wildman–Crippen LogP) is 4.60. The van der Waals surface area contributed by atoms with Crippen LogP contribution in [0, 0.1) is 5.92 Å². The average molecular weight is 391 g/mol. The van der Waals surface area contributed by atoms with Gasteiger partial charge in [-0.25, -0.2) is 0 Å². The summed E-state index contributed by atoms with van der Waals surface area (Å²) in [6.07, 6.45) is 2.02. The monoisotopic (exact) mass is 390 g/mol. The Bertz CT molecular complexity index is 683. The minimum absolute atomic E-state index is 0. The molecule has 0 aromatic heterocycles. The average Bonchev–Trinajstić information content (AvgIpc) is 2.67. The molecule has 2 aromatic rings. The minimum Gasteiger partial charge on any atom is -0.339 e. The number of amides is 1. The van der Waals surface area contributed by atoms with E-state index in [4.69, 9.17) is 5.73 Å². The number of benzene rings is 2. The van der Waals surface area contributed by atoms with E-state index in [-0.39, 0.29) is 24.4 Å². The van der Waals surface area contributed by atoms with Crippen LogP contribution in [0.15, 0.2) is 59.5 Å². The molecular formula is C21H27ClN2OS. The zero-order valence-electron chi connectivity index (χ0n) is 15.1. The van der Waals surface area contributed by atoms with Crippen molar-refractivity contribution in [3.8, 4) is 0 Å². The topological polar surface area (TPSA) is 46.3 Å². The van der Waals surface area contributed by atoms with E-state index in [1.807, 2.05) is 34.9 Å². The van der Waals surface area contributed by atoms with E-state index < -0.39 is 0 Å². The molecule has 0 saturated carbocycles. The van der Waals surface area contributed by atoms with Crippen LogP contribution in [-0.2, 0) is 5.75 Å². The lowest BCUT2D eigenvalue weighted by Gasteiger charge is -2.33. The molecule has 1 heterocycles. The second-order valence-electron chi connectivity index (χ2n) is 6.79. The fraction of sp³-hybridized carbons (Fsp3) is 0.381. The third-order valence-electron chi connectivity index (χ3n) is 4.92. The number of thioether (sulfide) groups is 1. The van der Waals surface area contributed by atoms with Crippen LogP contribution in [0.1, 0.15) is 35.7 Å². The maximum atomic E-state index is 12.7. The summed E-state index contributed by atoms with van der Waals surface area (Å²) >= 11 is 1.81. The first-order valence-electron chi connectivity index (χ1n) is 8.95. The zero-order valence-corrected chi connectivity index (χ0v) is 16.8. The van der Waals surface area contributed by atoms with E-state index in [0.29, 0.717) is 5.92 Å². The van der Waals surface area contributed by atoms with Gasteiger partial charge >= 0.3 is 0 Å². The van der Waals surface area contributed by atoms with Gasteiger partial charge in [0.2, 0.25) is 0 Å². The van der Waals surface area contributed by atoms with Gasteiger partial charge in [-0.15, -0.1) is 24.2 Å². The van der Waals surface area contributed by atoms with E-state index in [0.717, 1.165) is 37.2 Å². The fourth-order valence-corrected chi connectivity index (χ4v) is 4.11. The Hall–Kier alpha value is -1.49. The van der Waals surface area contributed by atoms with Gasteiger partial charge < -0.3 is 10.6 Å². The molecule has 3 nitrogen and oxygen atoms in total. The lowest BCUT2D eigenvalue weighted by molar-refractivity contribution is 0.0681. The largest absolute Gasteiger partial charge is 0.339 e. The van der Waals surface area contributed by atoms with Gasteiger partial charge in [0.05, 0.1) is 0 Å². The first-order valence-corrected chi connectivity index (χ1v) is 9.93.